The lowest BCUT2D eigenvalue weighted by molar-refractivity contribution is -0.124. The quantitative estimate of drug-likeness (QED) is 0.881. The molecule has 2 heterocycles. The third kappa shape index (κ3) is 3.20. The summed E-state index contributed by atoms with van der Waals surface area (Å²) in [6.45, 7) is 1.40. The molecule has 0 unspecified atom stereocenters. The van der Waals surface area contributed by atoms with E-state index in [1.165, 1.54) is 17.0 Å². The van der Waals surface area contributed by atoms with Crippen LogP contribution in [0.4, 0.5) is 15.8 Å². The lowest BCUT2D eigenvalue weighted by Crippen LogP contribution is -2.54. The molecule has 3 rings (SSSR count). The number of nitrogens with two attached hydrogens (primary N) is 1. The number of carbonyl (C=O) groups excluding carboxylic acids is 2. The average Bonchev–Trinajstić information content (AvgIpc) is 2.94. The van der Waals surface area contributed by atoms with Gasteiger partial charge in [0, 0.05) is 31.9 Å². The van der Waals surface area contributed by atoms with Crippen LogP contribution in [0.5, 0.6) is 0 Å². The Morgan fingerprint density at radius 3 is 2.70 bits per heavy atom. The van der Waals surface area contributed by atoms with Crippen LogP contribution in [0.15, 0.2) is 18.2 Å². The van der Waals surface area contributed by atoms with Gasteiger partial charge in [-0.2, -0.15) is 0 Å². The van der Waals surface area contributed by atoms with Crippen LogP contribution in [0.3, 0.4) is 0 Å². The normalized spacial score (nSPS) is 20.6. The topological polar surface area (TPSA) is 84.7 Å². The van der Waals surface area contributed by atoms with Crippen molar-refractivity contribution < 1.29 is 18.7 Å². The number of halogens is 1. The Kier molecular flexibility index (Phi) is 4.32. The minimum absolute atomic E-state index is 0.0798. The Morgan fingerprint density at radius 2 is 2.09 bits per heavy atom. The Bertz CT molecular complexity index is 629. The second kappa shape index (κ2) is 6.25. The number of rotatable bonds is 3. The number of hydrogen-bond acceptors (Lipinski definition) is 4. The van der Waals surface area contributed by atoms with Crippen LogP contribution in [0.2, 0.25) is 0 Å². The third-order valence-electron chi connectivity index (χ3n) is 4.41. The van der Waals surface area contributed by atoms with Crippen LogP contribution >= 0.6 is 0 Å². The van der Waals surface area contributed by atoms with E-state index in [2.05, 4.69) is 5.32 Å². The fourth-order valence-electron chi connectivity index (χ4n) is 2.92. The van der Waals surface area contributed by atoms with Crippen molar-refractivity contribution in [3.8, 4) is 0 Å². The van der Waals surface area contributed by atoms with Crippen LogP contribution in [0, 0.1) is 5.82 Å². The second-order valence-corrected chi connectivity index (χ2v) is 6.04. The Morgan fingerprint density at radius 1 is 1.35 bits per heavy atom. The zero-order valence-electron chi connectivity index (χ0n) is 12.8. The van der Waals surface area contributed by atoms with Gasteiger partial charge in [-0.25, -0.2) is 4.39 Å². The molecule has 0 saturated carbocycles. The van der Waals surface area contributed by atoms with Gasteiger partial charge in [-0.1, -0.05) is 0 Å². The average molecular weight is 321 g/mol. The fourth-order valence-corrected chi connectivity index (χ4v) is 2.92. The molecule has 0 aromatic heterocycles. The standard InChI is InChI=1S/C16H20FN3O3/c17-12-10-11(3-4-13(12)20-7-1-2-14(20)21)19-15(22)16(18)5-8-23-9-6-16/h3-4,10H,1-2,5-9,18H2,(H,19,22). The summed E-state index contributed by atoms with van der Waals surface area (Å²) >= 11 is 0. The minimum Gasteiger partial charge on any atom is -0.381 e. The van der Waals surface area contributed by atoms with E-state index in [1.54, 1.807) is 6.07 Å². The van der Waals surface area contributed by atoms with Crippen molar-refractivity contribution in [2.24, 2.45) is 5.73 Å². The fraction of sp³-hybridized carbons (Fsp3) is 0.500. The van der Waals surface area contributed by atoms with Gasteiger partial charge in [0.1, 0.15) is 11.4 Å². The molecule has 3 N–H and O–H groups in total. The molecule has 2 aliphatic rings. The molecule has 1 aromatic carbocycles. The van der Waals surface area contributed by atoms with Crippen molar-refractivity contribution in [3.05, 3.63) is 24.0 Å². The zero-order valence-corrected chi connectivity index (χ0v) is 12.8. The van der Waals surface area contributed by atoms with E-state index in [9.17, 15) is 14.0 Å². The van der Waals surface area contributed by atoms with Gasteiger partial charge in [-0.05, 0) is 37.5 Å². The van der Waals surface area contributed by atoms with Gasteiger partial charge in [-0.3, -0.25) is 9.59 Å². The number of hydrogen-bond donors (Lipinski definition) is 2. The molecule has 0 radical (unpaired) electrons. The molecule has 23 heavy (non-hydrogen) atoms. The molecule has 0 atom stereocenters. The minimum atomic E-state index is -0.988. The van der Waals surface area contributed by atoms with Crippen molar-refractivity contribution >= 4 is 23.2 Å². The molecular weight excluding hydrogens is 301 g/mol. The number of nitrogens with zero attached hydrogens (tertiary/aromatic N) is 1. The molecule has 6 nitrogen and oxygen atoms in total. The Balaban J connectivity index is 1.73. The summed E-state index contributed by atoms with van der Waals surface area (Å²) in [7, 11) is 0. The molecule has 2 aliphatic heterocycles. The van der Waals surface area contributed by atoms with E-state index in [0.717, 1.165) is 6.42 Å². The van der Waals surface area contributed by atoms with Crippen molar-refractivity contribution in [1.29, 1.82) is 0 Å². The van der Waals surface area contributed by atoms with Crippen molar-refractivity contribution in [1.82, 2.24) is 0 Å². The van der Waals surface area contributed by atoms with E-state index in [-0.39, 0.29) is 17.5 Å². The number of benzene rings is 1. The highest BCUT2D eigenvalue weighted by molar-refractivity contribution is 5.99. The number of ether oxygens (including phenoxy) is 1. The molecule has 0 bridgehead atoms. The Labute approximate surface area is 133 Å². The van der Waals surface area contributed by atoms with Crippen LogP contribution in [-0.2, 0) is 14.3 Å². The zero-order chi connectivity index (χ0) is 16.4. The lowest BCUT2D eigenvalue weighted by Gasteiger charge is -2.31. The predicted molar refractivity (Wildman–Crippen MR) is 83.6 cm³/mol. The van der Waals surface area contributed by atoms with Crippen LogP contribution in [0.25, 0.3) is 0 Å². The largest absolute Gasteiger partial charge is 0.381 e. The molecule has 1 aromatic rings. The lowest BCUT2D eigenvalue weighted by atomic mass is 9.90. The van der Waals surface area contributed by atoms with Crippen LogP contribution in [-0.4, -0.2) is 37.1 Å². The maximum atomic E-state index is 14.3. The molecule has 7 heteroatoms. The van der Waals surface area contributed by atoms with Gasteiger partial charge in [0.15, 0.2) is 0 Å². The summed E-state index contributed by atoms with van der Waals surface area (Å²) in [6.07, 6.45) is 2.04. The number of nitrogens with one attached hydrogen (secondary N) is 1. The number of carbonyl (C=O) groups is 2. The second-order valence-electron chi connectivity index (χ2n) is 6.04. The summed E-state index contributed by atoms with van der Waals surface area (Å²) in [5.74, 6) is -0.954. The highest BCUT2D eigenvalue weighted by Gasteiger charge is 2.36. The first-order valence-electron chi connectivity index (χ1n) is 7.78. The van der Waals surface area contributed by atoms with Crippen LogP contribution in [0.1, 0.15) is 25.7 Å². The van der Waals surface area contributed by atoms with Crippen molar-refractivity contribution in [3.63, 3.8) is 0 Å². The monoisotopic (exact) mass is 321 g/mol. The van der Waals surface area contributed by atoms with E-state index in [4.69, 9.17) is 10.5 Å². The summed E-state index contributed by atoms with van der Waals surface area (Å²) in [6, 6.07) is 4.33. The van der Waals surface area contributed by atoms with Gasteiger partial charge < -0.3 is 20.7 Å². The SMILES string of the molecule is NC1(C(=O)Nc2ccc(N3CCCC3=O)c(F)c2)CCOCC1. The summed E-state index contributed by atoms with van der Waals surface area (Å²) in [4.78, 5) is 25.4. The van der Waals surface area contributed by atoms with Gasteiger partial charge >= 0.3 is 0 Å². The summed E-state index contributed by atoms with van der Waals surface area (Å²) < 4.78 is 19.5. The highest BCUT2D eigenvalue weighted by atomic mass is 19.1. The molecule has 124 valence electrons. The molecule has 2 fully saturated rings. The number of anilines is 2. The molecule has 2 saturated heterocycles. The van der Waals surface area contributed by atoms with E-state index in [1.807, 2.05) is 0 Å². The third-order valence-corrected chi connectivity index (χ3v) is 4.41. The first-order chi connectivity index (χ1) is 11.0. The first kappa shape index (κ1) is 15.9. The van der Waals surface area contributed by atoms with Crippen molar-refractivity contribution in [2.75, 3.05) is 30.0 Å². The van der Waals surface area contributed by atoms with Gasteiger partial charge in [0.05, 0.1) is 5.69 Å². The van der Waals surface area contributed by atoms with Gasteiger partial charge in [-0.15, -0.1) is 0 Å². The molecule has 0 spiro atoms. The first-order valence-corrected chi connectivity index (χ1v) is 7.78. The van der Waals surface area contributed by atoms with E-state index < -0.39 is 11.4 Å². The van der Waals surface area contributed by atoms with Gasteiger partial charge in [0.25, 0.3) is 0 Å². The van der Waals surface area contributed by atoms with Gasteiger partial charge in [0.2, 0.25) is 11.8 Å². The maximum Gasteiger partial charge on any atom is 0.244 e. The Hall–Kier alpha value is -1.99. The highest BCUT2D eigenvalue weighted by Crippen LogP contribution is 2.27. The van der Waals surface area contributed by atoms with E-state index >= 15 is 0 Å². The number of amides is 2. The maximum absolute atomic E-state index is 14.3. The van der Waals surface area contributed by atoms with Crippen molar-refractivity contribution in [2.45, 2.75) is 31.2 Å². The molecule has 2 amide bonds. The predicted octanol–water partition coefficient (Wildman–Crippen LogP) is 1.40. The summed E-state index contributed by atoms with van der Waals surface area (Å²) in [5.41, 5.74) is 5.69. The summed E-state index contributed by atoms with van der Waals surface area (Å²) in [5, 5.41) is 2.66. The van der Waals surface area contributed by atoms with Crippen LogP contribution < -0.4 is 16.0 Å². The molecule has 0 aliphatic carbocycles. The van der Waals surface area contributed by atoms with E-state index in [0.29, 0.717) is 44.7 Å². The molecular formula is C16H20FN3O3. The smallest absolute Gasteiger partial charge is 0.244 e.